The summed E-state index contributed by atoms with van der Waals surface area (Å²) < 4.78 is 12.8. The van der Waals surface area contributed by atoms with Crippen molar-refractivity contribution in [1.29, 1.82) is 0 Å². The summed E-state index contributed by atoms with van der Waals surface area (Å²) >= 11 is 5.31. The van der Waals surface area contributed by atoms with Crippen LogP contribution < -0.4 is 0 Å². The zero-order chi connectivity index (χ0) is 13.3. The molecule has 0 fully saturated rings. The molecule has 0 saturated heterocycles. The van der Waals surface area contributed by atoms with Gasteiger partial charge < -0.3 is 0 Å². The molecule has 0 aliphatic carbocycles. The van der Waals surface area contributed by atoms with Crippen molar-refractivity contribution in [1.82, 2.24) is 4.98 Å². The third-order valence-electron chi connectivity index (χ3n) is 2.77. The second-order valence-electron chi connectivity index (χ2n) is 4.47. The minimum absolute atomic E-state index is 0.224. The standard InChI is InChI=1S/C13H12FNOS2/c1-13(2,12(16)17)10-7-18-11(15-10)8-3-5-9(14)6-4-8/h3-7H,1-2H3,(H,16,17). The zero-order valence-corrected chi connectivity index (χ0v) is 11.7. The van der Waals surface area contributed by atoms with E-state index < -0.39 is 5.41 Å². The van der Waals surface area contributed by atoms with Crippen LogP contribution in [0.3, 0.4) is 0 Å². The first kappa shape index (κ1) is 13.2. The van der Waals surface area contributed by atoms with E-state index in [1.807, 2.05) is 5.38 Å². The number of hydrogen-bond donors (Lipinski definition) is 1. The van der Waals surface area contributed by atoms with E-state index in [4.69, 9.17) is 0 Å². The van der Waals surface area contributed by atoms with Gasteiger partial charge in [0.2, 0.25) is 0 Å². The Hall–Kier alpha value is -1.20. The number of halogens is 1. The van der Waals surface area contributed by atoms with Crippen LogP contribution in [0.5, 0.6) is 0 Å². The number of benzene rings is 1. The quantitative estimate of drug-likeness (QED) is 0.870. The fourth-order valence-corrected chi connectivity index (χ4v) is 2.50. The van der Waals surface area contributed by atoms with Crippen molar-refractivity contribution in [3.63, 3.8) is 0 Å². The third-order valence-corrected chi connectivity index (χ3v) is 4.22. The molecule has 2 rings (SSSR count). The Labute approximate surface area is 114 Å². The van der Waals surface area contributed by atoms with Crippen molar-refractivity contribution in [3.8, 4) is 10.6 Å². The molecule has 1 aromatic carbocycles. The first-order valence-electron chi connectivity index (χ1n) is 5.36. The molecule has 0 saturated carbocycles. The average molecular weight is 281 g/mol. The molecule has 1 aromatic heterocycles. The normalized spacial score (nSPS) is 11.6. The van der Waals surface area contributed by atoms with Gasteiger partial charge >= 0.3 is 0 Å². The highest BCUT2D eigenvalue weighted by molar-refractivity contribution is 7.96. The minimum Gasteiger partial charge on any atom is -0.286 e. The van der Waals surface area contributed by atoms with Gasteiger partial charge in [-0.1, -0.05) is 0 Å². The highest BCUT2D eigenvalue weighted by Crippen LogP contribution is 2.31. The van der Waals surface area contributed by atoms with Crippen LogP contribution in [0.1, 0.15) is 19.5 Å². The van der Waals surface area contributed by atoms with E-state index in [2.05, 4.69) is 17.6 Å². The Kier molecular flexibility index (Phi) is 3.54. The van der Waals surface area contributed by atoms with E-state index in [0.717, 1.165) is 10.6 Å². The van der Waals surface area contributed by atoms with E-state index in [1.54, 1.807) is 26.0 Å². The molecular formula is C13H12FNOS2. The summed E-state index contributed by atoms with van der Waals surface area (Å²) in [5, 5.41) is 2.39. The zero-order valence-electron chi connectivity index (χ0n) is 9.98. The van der Waals surface area contributed by atoms with Crippen LogP contribution in [0.15, 0.2) is 29.6 Å². The average Bonchev–Trinajstić information content (AvgIpc) is 2.79. The Morgan fingerprint density at radius 3 is 2.50 bits per heavy atom. The highest BCUT2D eigenvalue weighted by Gasteiger charge is 2.29. The molecule has 5 heteroatoms. The summed E-state index contributed by atoms with van der Waals surface area (Å²) in [5.41, 5.74) is 0.819. The lowest BCUT2D eigenvalue weighted by atomic mass is 9.92. The van der Waals surface area contributed by atoms with Crippen molar-refractivity contribution in [2.24, 2.45) is 0 Å². The van der Waals surface area contributed by atoms with Crippen LogP contribution in [-0.2, 0) is 10.2 Å². The minimum atomic E-state index is -0.710. The number of nitrogens with zero attached hydrogens (tertiary/aromatic N) is 1. The summed E-state index contributed by atoms with van der Waals surface area (Å²) in [4.78, 5) is 15.9. The lowest BCUT2D eigenvalue weighted by Gasteiger charge is -2.16. The van der Waals surface area contributed by atoms with Crippen molar-refractivity contribution < 1.29 is 9.18 Å². The molecule has 0 atom stereocenters. The summed E-state index contributed by atoms with van der Waals surface area (Å²) in [5.74, 6) is -0.276. The maximum atomic E-state index is 12.8. The first-order valence-corrected chi connectivity index (χ1v) is 6.69. The first-order chi connectivity index (χ1) is 8.41. The van der Waals surface area contributed by atoms with Crippen molar-refractivity contribution in [2.75, 3.05) is 0 Å². The topological polar surface area (TPSA) is 30.0 Å². The molecule has 2 aromatic rings. The van der Waals surface area contributed by atoms with Crippen molar-refractivity contribution in [3.05, 3.63) is 41.2 Å². The monoisotopic (exact) mass is 281 g/mol. The number of thiazole rings is 1. The van der Waals surface area contributed by atoms with Gasteiger partial charge in [0.25, 0.3) is 0 Å². The fraction of sp³-hybridized carbons (Fsp3) is 0.231. The summed E-state index contributed by atoms with van der Waals surface area (Å²) in [7, 11) is 0. The molecule has 0 amide bonds. The van der Waals surface area contributed by atoms with Gasteiger partial charge in [0, 0.05) is 10.9 Å². The van der Waals surface area contributed by atoms with Crippen LogP contribution in [-0.4, -0.2) is 10.1 Å². The van der Waals surface area contributed by atoms with E-state index in [-0.39, 0.29) is 10.9 Å². The van der Waals surface area contributed by atoms with Gasteiger partial charge in [0.1, 0.15) is 10.8 Å². The molecule has 18 heavy (non-hydrogen) atoms. The SMILES string of the molecule is CC(C)(C(=O)S)c1csc(-c2ccc(F)cc2)n1. The molecule has 0 aliphatic rings. The third kappa shape index (κ3) is 2.47. The fourth-order valence-electron chi connectivity index (χ4n) is 1.40. The molecule has 1 heterocycles. The van der Waals surface area contributed by atoms with Crippen LogP contribution >= 0.6 is 24.0 Å². The van der Waals surface area contributed by atoms with Crippen LogP contribution in [0, 0.1) is 5.82 Å². The van der Waals surface area contributed by atoms with Gasteiger partial charge in [-0.2, -0.15) is 0 Å². The van der Waals surface area contributed by atoms with E-state index in [9.17, 15) is 9.18 Å². The summed E-state index contributed by atoms with van der Waals surface area (Å²) in [6.07, 6.45) is 0. The van der Waals surface area contributed by atoms with Gasteiger partial charge in [-0.15, -0.1) is 24.0 Å². The Morgan fingerprint density at radius 2 is 1.94 bits per heavy atom. The summed E-state index contributed by atoms with van der Waals surface area (Å²) in [6, 6.07) is 6.14. The largest absolute Gasteiger partial charge is 0.286 e. The molecule has 0 aliphatic heterocycles. The van der Waals surface area contributed by atoms with Crippen LogP contribution in [0.25, 0.3) is 10.6 Å². The summed E-state index contributed by atoms with van der Waals surface area (Å²) in [6.45, 7) is 3.57. The van der Waals surface area contributed by atoms with Crippen molar-refractivity contribution in [2.45, 2.75) is 19.3 Å². The molecule has 2 nitrogen and oxygen atoms in total. The van der Waals surface area contributed by atoms with Gasteiger partial charge in [0.15, 0.2) is 5.12 Å². The molecule has 0 bridgehead atoms. The highest BCUT2D eigenvalue weighted by atomic mass is 32.1. The van der Waals surface area contributed by atoms with E-state index in [1.165, 1.54) is 23.5 Å². The van der Waals surface area contributed by atoms with Crippen molar-refractivity contribution >= 4 is 29.1 Å². The molecule has 0 unspecified atom stereocenters. The predicted octanol–water partition coefficient (Wildman–Crippen LogP) is 3.68. The Morgan fingerprint density at radius 1 is 1.33 bits per heavy atom. The molecule has 94 valence electrons. The van der Waals surface area contributed by atoms with Gasteiger partial charge in [-0.25, -0.2) is 9.37 Å². The smallest absolute Gasteiger partial charge is 0.197 e. The molecular weight excluding hydrogens is 269 g/mol. The molecule has 0 radical (unpaired) electrons. The van der Waals surface area contributed by atoms with Gasteiger partial charge in [0.05, 0.1) is 11.1 Å². The molecule has 0 N–H and O–H groups in total. The Bertz CT molecular complexity index is 575. The van der Waals surface area contributed by atoms with Crippen LogP contribution in [0.4, 0.5) is 4.39 Å². The van der Waals surface area contributed by atoms with Gasteiger partial charge in [-0.3, -0.25) is 4.79 Å². The Balaban J connectivity index is 2.37. The maximum Gasteiger partial charge on any atom is 0.197 e. The number of rotatable bonds is 3. The number of thiol groups is 1. The van der Waals surface area contributed by atoms with Gasteiger partial charge in [-0.05, 0) is 38.1 Å². The number of hydrogen-bond acceptors (Lipinski definition) is 3. The second kappa shape index (κ2) is 4.82. The molecule has 0 spiro atoms. The maximum absolute atomic E-state index is 12.8. The number of carbonyl (C=O) groups is 1. The number of carbonyl (C=O) groups excluding carboxylic acids is 1. The predicted molar refractivity (Wildman–Crippen MR) is 74.5 cm³/mol. The second-order valence-corrected chi connectivity index (χ2v) is 5.74. The lowest BCUT2D eigenvalue weighted by Crippen LogP contribution is -2.25. The van der Waals surface area contributed by atoms with E-state index in [0.29, 0.717) is 5.69 Å². The van der Waals surface area contributed by atoms with E-state index >= 15 is 0 Å². The number of aromatic nitrogens is 1. The van der Waals surface area contributed by atoms with Crippen LogP contribution in [0.2, 0.25) is 0 Å². The lowest BCUT2D eigenvalue weighted by molar-refractivity contribution is -0.114.